The molecule has 36 heavy (non-hydrogen) atoms. The Balaban J connectivity index is 1.83. The molecule has 1 N–H and O–H groups in total. The Morgan fingerprint density at radius 2 is 1.94 bits per heavy atom. The van der Waals surface area contributed by atoms with Crippen LogP contribution in [0.25, 0.3) is 0 Å². The summed E-state index contributed by atoms with van der Waals surface area (Å²) in [5.41, 5.74) is -0.817. The molecule has 0 spiro atoms. The van der Waals surface area contributed by atoms with Crippen molar-refractivity contribution in [2.45, 2.75) is 84.4 Å². The Kier molecular flexibility index (Phi) is 11.2. The van der Waals surface area contributed by atoms with E-state index in [0.717, 1.165) is 3.61 Å². The van der Waals surface area contributed by atoms with E-state index in [1.807, 2.05) is 37.3 Å². The molecule has 1 aromatic carbocycles. The summed E-state index contributed by atoms with van der Waals surface area (Å²) in [4.78, 5) is 27.8. The maximum atomic E-state index is 12.8. The van der Waals surface area contributed by atoms with Crippen LogP contribution in [0.1, 0.15) is 60.1 Å². The molecule has 0 amide bonds. The Labute approximate surface area is 223 Å². The van der Waals surface area contributed by atoms with E-state index in [2.05, 4.69) is 43.4 Å². The van der Waals surface area contributed by atoms with Gasteiger partial charge in [-0.15, -0.1) is 0 Å². The van der Waals surface area contributed by atoms with Crippen LogP contribution < -0.4 is 18.5 Å². The average molecular weight is 630 g/mol. The minimum absolute atomic E-state index is 0.184. The van der Waals surface area contributed by atoms with Gasteiger partial charge in [0.1, 0.15) is 0 Å². The minimum atomic E-state index is -1.43. The van der Waals surface area contributed by atoms with Crippen molar-refractivity contribution < 1.29 is 13.8 Å². The summed E-state index contributed by atoms with van der Waals surface area (Å²) < 4.78 is 24.3. The molecule has 0 radical (unpaired) electrons. The SMILES string of the molecule is CC[C@H]1O[C@@H](n2cc([Te]c3ccccc3)c(=O)[nH]c2=O)C[C@@H]1OP(OCCC#N)N(C(C)C)C(C)C. The molecule has 2 heterocycles. The molecule has 1 aliphatic rings. The number of rotatable bonds is 12. The van der Waals surface area contributed by atoms with Gasteiger partial charge in [-0.25, -0.2) is 0 Å². The number of aromatic nitrogens is 2. The van der Waals surface area contributed by atoms with Crippen molar-refractivity contribution in [3.63, 3.8) is 0 Å². The first kappa shape index (κ1) is 29.0. The summed E-state index contributed by atoms with van der Waals surface area (Å²) in [6.45, 7) is 10.7. The number of aromatic amines is 1. The average Bonchev–Trinajstić information content (AvgIpc) is 3.23. The van der Waals surface area contributed by atoms with Gasteiger partial charge in [0.2, 0.25) is 0 Å². The Morgan fingerprint density at radius 3 is 2.56 bits per heavy atom. The first-order valence-corrected chi connectivity index (χ1v) is 15.7. The van der Waals surface area contributed by atoms with E-state index >= 15 is 0 Å². The number of H-pyrrole nitrogens is 1. The van der Waals surface area contributed by atoms with Gasteiger partial charge in [0.25, 0.3) is 0 Å². The zero-order chi connectivity index (χ0) is 26.2. The first-order chi connectivity index (χ1) is 17.2. The van der Waals surface area contributed by atoms with E-state index in [9.17, 15) is 9.59 Å². The van der Waals surface area contributed by atoms with E-state index in [0.29, 0.717) is 23.1 Å². The predicted octanol–water partition coefficient (Wildman–Crippen LogP) is 2.55. The van der Waals surface area contributed by atoms with Gasteiger partial charge in [-0.3, -0.25) is 0 Å². The fraction of sp³-hybridized carbons (Fsp3) is 0.560. The molecule has 196 valence electrons. The summed E-state index contributed by atoms with van der Waals surface area (Å²) in [5, 5.41) is 8.97. The first-order valence-electron chi connectivity index (χ1n) is 12.2. The van der Waals surface area contributed by atoms with Crippen molar-refractivity contribution in [1.29, 1.82) is 5.26 Å². The standard InChI is InChI=1S/C25H35N4O5PTe/c1-6-20-21(34-35(32-14-10-13-26)29(17(2)3)18(4)5)15-23(33-20)28-16-22(24(30)27-25(28)31)36-19-11-8-7-9-12-19/h7-9,11-12,16-18,20-21,23H,6,10,14-15H2,1-5H3,(H,27,30,31)/t20-,21+,23-,35?/m1/s1. The molecule has 1 saturated heterocycles. The molecule has 2 aromatic rings. The zero-order valence-corrected chi connectivity index (χ0v) is 24.6. The summed E-state index contributed by atoms with van der Waals surface area (Å²) in [6.07, 6.45) is 2.04. The Morgan fingerprint density at radius 1 is 1.25 bits per heavy atom. The molecule has 0 saturated carbocycles. The van der Waals surface area contributed by atoms with Crippen LogP contribution in [0.2, 0.25) is 0 Å². The number of nitriles is 1. The molecular weight excluding hydrogens is 595 g/mol. The third-order valence-electron chi connectivity index (χ3n) is 5.69. The number of nitrogens with zero attached hydrogens (tertiary/aromatic N) is 3. The monoisotopic (exact) mass is 632 g/mol. The van der Waals surface area contributed by atoms with Gasteiger partial charge < -0.3 is 0 Å². The summed E-state index contributed by atoms with van der Waals surface area (Å²) in [6, 6.07) is 12.3. The Bertz CT molecular complexity index is 1130. The van der Waals surface area contributed by atoms with E-state index in [1.54, 1.807) is 6.20 Å². The normalized spacial score (nSPS) is 20.8. The fourth-order valence-electron chi connectivity index (χ4n) is 4.12. The van der Waals surface area contributed by atoms with Crippen molar-refractivity contribution in [3.8, 4) is 6.07 Å². The number of hydrogen-bond acceptors (Lipinski definition) is 7. The summed E-state index contributed by atoms with van der Waals surface area (Å²) in [7, 11) is -1.43. The van der Waals surface area contributed by atoms with Crippen LogP contribution in [0.5, 0.6) is 0 Å². The zero-order valence-electron chi connectivity index (χ0n) is 21.4. The molecular formula is C25H35N4O5PTe. The second-order valence-corrected chi connectivity index (χ2v) is 13.6. The molecule has 11 heteroatoms. The molecule has 1 aromatic heterocycles. The van der Waals surface area contributed by atoms with Crippen molar-refractivity contribution in [2.24, 2.45) is 0 Å². The molecule has 0 bridgehead atoms. The summed E-state index contributed by atoms with van der Waals surface area (Å²) in [5.74, 6) is 0. The van der Waals surface area contributed by atoms with Gasteiger partial charge >= 0.3 is 219 Å². The van der Waals surface area contributed by atoms with Crippen molar-refractivity contribution >= 4 is 36.7 Å². The van der Waals surface area contributed by atoms with E-state index in [4.69, 9.17) is 19.0 Å². The van der Waals surface area contributed by atoms with Gasteiger partial charge in [0.15, 0.2) is 0 Å². The van der Waals surface area contributed by atoms with Gasteiger partial charge in [-0.1, -0.05) is 0 Å². The molecule has 1 aliphatic heterocycles. The molecule has 0 aliphatic carbocycles. The van der Waals surface area contributed by atoms with E-state index in [1.165, 1.54) is 4.57 Å². The molecule has 1 fully saturated rings. The van der Waals surface area contributed by atoms with E-state index < -0.39 is 41.4 Å². The topological polar surface area (TPSA) is 110 Å². The van der Waals surface area contributed by atoms with Gasteiger partial charge in [0, 0.05) is 0 Å². The third-order valence-corrected chi connectivity index (χ3v) is 10.7. The molecule has 4 atom stereocenters. The van der Waals surface area contributed by atoms with Gasteiger partial charge in [-0.2, -0.15) is 5.26 Å². The molecule has 9 nitrogen and oxygen atoms in total. The van der Waals surface area contributed by atoms with Crippen LogP contribution in [-0.4, -0.2) is 66.0 Å². The van der Waals surface area contributed by atoms with Crippen LogP contribution in [0.15, 0.2) is 46.1 Å². The number of nitrogens with one attached hydrogen (secondary N) is 1. The maximum absolute atomic E-state index is 12.8. The van der Waals surface area contributed by atoms with E-state index in [-0.39, 0.29) is 36.3 Å². The number of benzene rings is 1. The summed E-state index contributed by atoms with van der Waals surface area (Å²) >= 11 is -0.964. The van der Waals surface area contributed by atoms with Crippen LogP contribution >= 0.6 is 8.53 Å². The quantitative estimate of drug-likeness (QED) is 0.218. The van der Waals surface area contributed by atoms with Crippen LogP contribution in [0.4, 0.5) is 0 Å². The predicted molar refractivity (Wildman–Crippen MR) is 142 cm³/mol. The van der Waals surface area contributed by atoms with Gasteiger partial charge in [-0.05, 0) is 0 Å². The van der Waals surface area contributed by atoms with Crippen molar-refractivity contribution in [2.75, 3.05) is 6.61 Å². The van der Waals surface area contributed by atoms with Crippen LogP contribution in [0, 0.1) is 11.3 Å². The van der Waals surface area contributed by atoms with Crippen molar-refractivity contribution in [3.05, 3.63) is 57.4 Å². The van der Waals surface area contributed by atoms with Crippen LogP contribution in [0.3, 0.4) is 0 Å². The second kappa shape index (κ2) is 13.8. The van der Waals surface area contributed by atoms with Crippen LogP contribution in [-0.2, 0) is 13.8 Å². The fourth-order valence-corrected chi connectivity index (χ4v) is 8.33. The van der Waals surface area contributed by atoms with Crippen molar-refractivity contribution in [1.82, 2.24) is 14.2 Å². The Hall–Kier alpha value is -1.55. The van der Waals surface area contributed by atoms with Gasteiger partial charge in [0.05, 0.1) is 0 Å². The number of ether oxygens (including phenoxy) is 1. The second-order valence-electron chi connectivity index (χ2n) is 9.04. The number of hydrogen-bond donors (Lipinski definition) is 1. The molecule has 1 unspecified atom stereocenters. The third kappa shape index (κ3) is 7.49. The molecule has 3 rings (SSSR count).